The maximum atomic E-state index is 13.0. The predicted octanol–water partition coefficient (Wildman–Crippen LogP) is 4.09. The van der Waals surface area contributed by atoms with Gasteiger partial charge in [-0.1, -0.05) is 23.7 Å². The lowest BCUT2D eigenvalue weighted by Gasteiger charge is -2.08. The fourth-order valence-electron chi connectivity index (χ4n) is 1.46. The highest BCUT2D eigenvalue weighted by atomic mass is 35.5. The molecule has 0 fully saturated rings. The van der Waals surface area contributed by atoms with Gasteiger partial charge in [0.15, 0.2) is 0 Å². The highest BCUT2D eigenvalue weighted by Crippen LogP contribution is 2.26. The molecule has 1 N–H and O–H groups in total. The zero-order valence-corrected chi connectivity index (χ0v) is 9.50. The zero-order chi connectivity index (χ0) is 12.3. The lowest BCUT2D eigenvalue weighted by Crippen LogP contribution is -1.94. The van der Waals surface area contributed by atoms with Gasteiger partial charge in [-0.25, -0.2) is 4.39 Å². The maximum Gasteiger partial charge on any atom is 0.125 e. The minimum atomic E-state index is -0.337. The Morgan fingerprint density at radius 1 is 1.18 bits per heavy atom. The fourth-order valence-corrected chi connectivity index (χ4v) is 1.68. The Bertz CT molecular complexity index is 590. The van der Waals surface area contributed by atoms with Crippen LogP contribution in [-0.4, -0.2) is 0 Å². The first-order chi connectivity index (χ1) is 8.20. The quantitative estimate of drug-likeness (QED) is 0.866. The lowest BCUT2D eigenvalue weighted by molar-refractivity contribution is 0.628. The average molecular weight is 247 g/mol. The number of nitrogens with one attached hydrogen (secondary N) is 1. The third kappa shape index (κ3) is 2.55. The van der Waals surface area contributed by atoms with Crippen molar-refractivity contribution in [2.24, 2.45) is 0 Å². The molecule has 0 bridgehead atoms. The third-order valence-electron chi connectivity index (χ3n) is 2.23. The Morgan fingerprint density at radius 3 is 2.65 bits per heavy atom. The second-order valence-electron chi connectivity index (χ2n) is 3.41. The molecule has 0 aliphatic rings. The first kappa shape index (κ1) is 11.4. The van der Waals surface area contributed by atoms with E-state index >= 15 is 0 Å². The molecule has 0 saturated heterocycles. The first-order valence-corrected chi connectivity index (χ1v) is 5.29. The van der Waals surface area contributed by atoms with Gasteiger partial charge >= 0.3 is 0 Å². The summed E-state index contributed by atoms with van der Waals surface area (Å²) in [6.45, 7) is 0. The molecule has 0 atom stereocenters. The first-order valence-electron chi connectivity index (χ1n) is 4.92. The summed E-state index contributed by atoms with van der Waals surface area (Å²) >= 11 is 5.89. The van der Waals surface area contributed by atoms with Crippen LogP contribution >= 0.6 is 11.6 Å². The molecular weight excluding hydrogens is 239 g/mol. The number of hydrogen-bond acceptors (Lipinski definition) is 2. The fraction of sp³-hybridized carbons (Fsp3) is 0. The van der Waals surface area contributed by atoms with Gasteiger partial charge in [0, 0.05) is 5.69 Å². The van der Waals surface area contributed by atoms with Crippen molar-refractivity contribution in [3.8, 4) is 6.07 Å². The van der Waals surface area contributed by atoms with Gasteiger partial charge in [0.05, 0.1) is 16.3 Å². The van der Waals surface area contributed by atoms with Crippen molar-refractivity contribution in [2.45, 2.75) is 0 Å². The summed E-state index contributed by atoms with van der Waals surface area (Å²) in [5, 5.41) is 12.3. The van der Waals surface area contributed by atoms with Crippen LogP contribution in [0, 0.1) is 17.1 Å². The van der Waals surface area contributed by atoms with Crippen LogP contribution in [0.4, 0.5) is 15.8 Å². The molecule has 0 radical (unpaired) electrons. The summed E-state index contributed by atoms with van der Waals surface area (Å²) in [6.07, 6.45) is 0. The van der Waals surface area contributed by atoms with Crippen LogP contribution in [0.2, 0.25) is 5.02 Å². The Hall–Kier alpha value is -2.05. The Morgan fingerprint density at radius 2 is 1.94 bits per heavy atom. The molecule has 0 aliphatic heterocycles. The van der Waals surface area contributed by atoms with E-state index in [4.69, 9.17) is 16.9 Å². The number of halogens is 2. The Kier molecular flexibility index (Phi) is 3.27. The minimum Gasteiger partial charge on any atom is -0.354 e. The van der Waals surface area contributed by atoms with Crippen LogP contribution in [0.25, 0.3) is 0 Å². The third-order valence-corrected chi connectivity index (χ3v) is 2.54. The largest absolute Gasteiger partial charge is 0.354 e. The van der Waals surface area contributed by atoms with E-state index in [0.29, 0.717) is 22.0 Å². The molecule has 2 rings (SSSR count). The summed E-state index contributed by atoms with van der Waals surface area (Å²) in [6, 6.07) is 13.1. The molecule has 0 amide bonds. The normalized spacial score (nSPS) is 9.71. The second kappa shape index (κ2) is 4.86. The van der Waals surface area contributed by atoms with E-state index in [1.165, 1.54) is 12.1 Å². The molecule has 2 nitrogen and oxygen atoms in total. The van der Waals surface area contributed by atoms with Crippen LogP contribution in [0.15, 0.2) is 42.5 Å². The molecule has 17 heavy (non-hydrogen) atoms. The van der Waals surface area contributed by atoms with Crippen LogP contribution in [0.1, 0.15) is 5.56 Å². The molecule has 0 saturated carbocycles. The molecule has 2 aromatic carbocycles. The van der Waals surface area contributed by atoms with Crippen LogP contribution in [-0.2, 0) is 0 Å². The average Bonchev–Trinajstić information content (AvgIpc) is 2.29. The maximum absolute atomic E-state index is 13.0. The van der Waals surface area contributed by atoms with Gasteiger partial charge in [-0.05, 0) is 30.3 Å². The van der Waals surface area contributed by atoms with Gasteiger partial charge in [-0.15, -0.1) is 0 Å². The van der Waals surface area contributed by atoms with Crippen molar-refractivity contribution in [3.05, 3.63) is 58.9 Å². The second-order valence-corrected chi connectivity index (χ2v) is 3.82. The highest BCUT2D eigenvalue weighted by molar-refractivity contribution is 6.32. The van der Waals surface area contributed by atoms with E-state index in [2.05, 4.69) is 5.32 Å². The molecule has 0 aromatic heterocycles. The SMILES string of the molecule is N#Cc1c(Cl)cccc1Nc1cccc(F)c1. The monoisotopic (exact) mass is 246 g/mol. The van der Waals surface area contributed by atoms with E-state index < -0.39 is 0 Å². The topological polar surface area (TPSA) is 35.8 Å². The van der Waals surface area contributed by atoms with Crippen LogP contribution in [0.5, 0.6) is 0 Å². The van der Waals surface area contributed by atoms with E-state index in [-0.39, 0.29) is 5.82 Å². The number of nitriles is 1. The molecule has 0 spiro atoms. The summed E-state index contributed by atoms with van der Waals surface area (Å²) < 4.78 is 13.0. The summed E-state index contributed by atoms with van der Waals surface area (Å²) in [5.41, 5.74) is 1.48. The van der Waals surface area contributed by atoms with E-state index in [1.54, 1.807) is 30.3 Å². The van der Waals surface area contributed by atoms with Crippen molar-refractivity contribution in [2.75, 3.05) is 5.32 Å². The van der Waals surface area contributed by atoms with E-state index in [0.717, 1.165) is 0 Å². The minimum absolute atomic E-state index is 0.337. The molecule has 2 aromatic rings. The number of anilines is 2. The Labute approximate surface area is 103 Å². The van der Waals surface area contributed by atoms with Gasteiger partial charge in [-0.2, -0.15) is 5.26 Å². The van der Waals surface area contributed by atoms with Gasteiger partial charge < -0.3 is 5.32 Å². The van der Waals surface area contributed by atoms with E-state index in [9.17, 15) is 4.39 Å². The zero-order valence-electron chi connectivity index (χ0n) is 8.74. The van der Waals surface area contributed by atoms with Gasteiger partial charge in [0.1, 0.15) is 11.9 Å². The smallest absolute Gasteiger partial charge is 0.125 e. The molecular formula is C13H8ClFN2. The summed E-state index contributed by atoms with van der Waals surface area (Å²) in [7, 11) is 0. The van der Waals surface area contributed by atoms with Crippen LogP contribution < -0.4 is 5.32 Å². The van der Waals surface area contributed by atoms with E-state index in [1.807, 2.05) is 6.07 Å². The standard InChI is InChI=1S/C13H8ClFN2/c14-12-5-2-6-13(11(12)8-16)17-10-4-1-3-9(15)7-10/h1-7,17H. The van der Waals surface area contributed by atoms with Gasteiger partial charge in [0.2, 0.25) is 0 Å². The lowest BCUT2D eigenvalue weighted by atomic mass is 10.2. The van der Waals surface area contributed by atoms with Gasteiger partial charge in [-0.3, -0.25) is 0 Å². The Balaban J connectivity index is 2.37. The van der Waals surface area contributed by atoms with Gasteiger partial charge in [0.25, 0.3) is 0 Å². The predicted molar refractivity (Wildman–Crippen MR) is 65.8 cm³/mol. The van der Waals surface area contributed by atoms with Crippen molar-refractivity contribution < 1.29 is 4.39 Å². The van der Waals surface area contributed by atoms with Crippen molar-refractivity contribution in [1.29, 1.82) is 5.26 Å². The summed E-state index contributed by atoms with van der Waals surface area (Å²) in [4.78, 5) is 0. The molecule has 4 heteroatoms. The molecule has 84 valence electrons. The van der Waals surface area contributed by atoms with Crippen molar-refractivity contribution >= 4 is 23.0 Å². The number of nitrogens with zero attached hydrogens (tertiary/aromatic N) is 1. The number of rotatable bonds is 2. The molecule has 0 unspecified atom stereocenters. The number of benzene rings is 2. The van der Waals surface area contributed by atoms with Crippen molar-refractivity contribution in [3.63, 3.8) is 0 Å². The summed E-state index contributed by atoms with van der Waals surface area (Å²) in [5.74, 6) is -0.337. The number of hydrogen-bond donors (Lipinski definition) is 1. The highest BCUT2D eigenvalue weighted by Gasteiger charge is 2.06. The van der Waals surface area contributed by atoms with Crippen molar-refractivity contribution in [1.82, 2.24) is 0 Å². The molecule has 0 aliphatic carbocycles. The van der Waals surface area contributed by atoms with Crippen LogP contribution in [0.3, 0.4) is 0 Å². The molecule has 0 heterocycles.